The van der Waals surface area contributed by atoms with Gasteiger partial charge >= 0.3 is 6.55 Å². The largest absolute Gasteiger partial charge is 0.333 e. The van der Waals surface area contributed by atoms with E-state index in [1.54, 1.807) is 49.3 Å². The first-order valence-electron chi connectivity index (χ1n) is 8.51. The van der Waals surface area contributed by atoms with Crippen molar-refractivity contribution in [3.8, 4) is 11.1 Å². The smallest absolute Gasteiger partial charge is 0.333 e. The summed E-state index contributed by atoms with van der Waals surface area (Å²) in [4.78, 5) is 18.7. The third-order valence-corrected chi connectivity index (χ3v) is 4.69. The van der Waals surface area contributed by atoms with Crippen molar-refractivity contribution in [1.29, 1.82) is 0 Å². The highest BCUT2D eigenvalue weighted by atomic mass is 19.3. The van der Waals surface area contributed by atoms with Gasteiger partial charge in [-0.2, -0.15) is 13.9 Å². The van der Waals surface area contributed by atoms with Gasteiger partial charge in [-0.15, -0.1) is 0 Å². The molecule has 0 fully saturated rings. The molecule has 1 aromatic carbocycles. The Morgan fingerprint density at radius 3 is 2.41 bits per heavy atom. The maximum Gasteiger partial charge on any atom is 0.333 e. The van der Waals surface area contributed by atoms with Gasteiger partial charge in [0.1, 0.15) is 0 Å². The molecule has 0 aliphatic carbocycles. The van der Waals surface area contributed by atoms with E-state index in [1.807, 2.05) is 25.1 Å². The van der Waals surface area contributed by atoms with Crippen molar-refractivity contribution in [2.75, 3.05) is 7.05 Å². The number of amides is 1. The van der Waals surface area contributed by atoms with Crippen LogP contribution in [0.5, 0.6) is 0 Å². The summed E-state index contributed by atoms with van der Waals surface area (Å²) in [5.41, 5.74) is 3.05. The van der Waals surface area contributed by atoms with Crippen LogP contribution in [0.15, 0.2) is 54.9 Å². The molecule has 0 aliphatic rings. The van der Waals surface area contributed by atoms with Crippen molar-refractivity contribution in [3.05, 3.63) is 71.8 Å². The second kappa shape index (κ2) is 7.65. The first-order chi connectivity index (χ1) is 12.9. The van der Waals surface area contributed by atoms with Gasteiger partial charge < -0.3 is 4.90 Å². The molecule has 3 rings (SSSR count). The predicted octanol–water partition coefficient (Wildman–Crippen LogP) is 4.48. The average Bonchev–Trinajstić information content (AvgIpc) is 3.08. The average molecular weight is 370 g/mol. The van der Waals surface area contributed by atoms with Gasteiger partial charge in [0, 0.05) is 30.1 Å². The zero-order valence-corrected chi connectivity index (χ0v) is 15.3. The number of aromatic nitrogens is 3. The van der Waals surface area contributed by atoms with Crippen LogP contribution in [0, 0.1) is 6.92 Å². The van der Waals surface area contributed by atoms with E-state index in [0.29, 0.717) is 21.5 Å². The van der Waals surface area contributed by atoms with Crippen molar-refractivity contribution < 1.29 is 13.6 Å². The minimum atomic E-state index is -2.68. The van der Waals surface area contributed by atoms with Gasteiger partial charge in [-0.05, 0) is 43.7 Å². The molecule has 3 aromatic rings. The van der Waals surface area contributed by atoms with Gasteiger partial charge in [-0.25, -0.2) is 4.68 Å². The third kappa shape index (κ3) is 3.72. The fourth-order valence-corrected chi connectivity index (χ4v) is 2.90. The molecule has 2 aromatic heterocycles. The minimum Gasteiger partial charge on any atom is -0.333 e. The minimum absolute atomic E-state index is 0.139. The number of pyridine rings is 1. The third-order valence-electron chi connectivity index (χ3n) is 4.69. The molecule has 5 nitrogen and oxygen atoms in total. The molecular formula is C20H20F2N4O. The van der Waals surface area contributed by atoms with Gasteiger partial charge in [-0.3, -0.25) is 9.78 Å². The lowest BCUT2D eigenvalue weighted by atomic mass is 10.0. The Kier molecular flexibility index (Phi) is 5.30. The van der Waals surface area contributed by atoms with Crippen molar-refractivity contribution in [3.63, 3.8) is 0 Å². The highest BCUT2D eigenvalue weighted by Crippen LogP contribution is 2.27. The van der Waals surface area contributed by atoms with Crippen LogP contribution in [0.1, 0.15) is 41.3 Å². The lowest BCUT2D eigenvalue weighted by Gasteiger charge is -2.24. The number of nitrogens with zero attached hydrogens (tertiary/aromatic N) is 4. The predicted molar refractivity (Wildman–Crippen MR) is 98.4 cm³/mol. The Labute approximate surface area is 156 Å². The maximum atomic E-state index is 12.9. The van der Waals surface area contributed by atoms with E-state index in [1.165, 1.54) is 6.20 Å². The van der Waals surface area contributed by atoms with E-state index in [0.717, 1.165) is 11.3 Å². The van der Waals surface area contributed by atoms with Crippen LogP contribution in [0.3, 0.4) is 0 Å². The van der Waals surface area contributed by atoms with Crippen LogP contribution in [0.2, 0.25) is 0 Å². The van der Waals surface area contributed by atoms with Gasteiger partial charge in [-0.1, -0.05) is 18.2 Å². The number of hydrogen-bond donors (Lipinski definition) is 0. The summed E-state index contributed by atoms with van der Waals surface area (Å²) in [6.07, 6.45) is 3.11. The molecule has 0 N–H and O–H groups in total. The molecule has 0 saturated carbocycles. The summed E-state index contributed by atoms with van der Waals surface area (Å²) >= 11 is 0. The summed E-state index contributed by atoms with van der Waals surface area (Å²) in [5, 5.41) is 3.72. The normalized spacial score (nSPS) is 12.2. The zero-order valence-electron chi connectivity index (χ0n) is 15.3. The summed E-state index contributed by atoms with van der Waals surface area (Å²) in [5.74, 6) is -0.139. The Hall–Kier alpha value is -3.09. The zero-order chi connectivity index (χ0) is 19.6. The number of hydrogen-bond acceptors (Lipinski definition) is 3. The topological polar surface area (TPSA) is 51.0 Å². The summed E-state index contributed by atoms with van der Waals surface area (Å²) in [6, 6.07) is 12.3. The summed E-state index contributed by atoms with van der Waals surface area (Å²) in [6.45, 7) is 0.827. The molecule has 0 unspecified atom stereocenters. The first kappa shape index (κ1) is 18.7. The number of halogens is 2. The Morgan fingerprint density at radius 1 is 1.15 bits per heavy atom. The lowest BCUT2D eigenvalue weighted by Crippen LogP contribution is -2.30. The Morgan fingerprint density at radius 2 is 1.85 bits per heavy atom. The highest BCUT2D eigenvalue weighted by molar-refractivity contribution is 5.94. The van der Waals surface area contributed by atoms with Crippen LogP contribution >= 0.6 is 0 Å². The molecule has 0 aliphatic heterocycles. The van der Waals surface area contributed by atoms with Crippen molar-refractivity contribution in [1.82, 2.24) is 19.7 Å². The molecule has 2 heterocycles. The molecule has 7 heteroatoms. The lowest BCUT2D eigenvalue weighted by molar-refractivity contribution is 0.0545. The number of carbonyl (C=O) groups is 1. The van der Waals surface area contributed by atoms with Gasteiger partial charge in [0.05, 0.1) is 17.9 Å². The molecular weight excluding hydrogens is 350 g/mol. The number of benzene rings is 1. The van der Waals surface area contributed by atoms with E-state index in [4.69, 9.17) is 0 Å². The fraction of sp³-hybridized carbons (Fsp3) is 0.250. The van der Waals surface area contributed by atoms with E-state index in [9.17, 15) is 13.6 Å². The van der Waals surface area contributed by atoms with Crippen molar-refractivity contribution in [2.45, 2.75) is 26.4 Å². The Balaban J connectivity index is 1.80. The SMILES string of the molecule is Cc1c(-c2ccc(C(=O)N(C)[C@@H](C)c3ccccn3)cc2)cnn1C(F)F. The molecule has 0 bridgehead atoms. The van der Waals surface area contributed by atoms with Gasteiger partial charge in [0.25, 0.3) is 5.91 Å². The Bertz CT molecular complexity index is 923. The van der Waals surface area contributed by atoms with E-state index >= 15 is 0 Å². The van der Waals surface area contributed by atoms with Crippen LogP contribution in [0.25, 0.3) is 11.1 Å². The standard InChI is InChI=1S/C20H20F2N4O/c1-13-17(12-24-26(13)20(21)22)15-7-9-16(10-8-15)19(27)25(3)14(2)18-6-4-5-11-23-18/h4-12,14,20H,1-3H3/t14-/m0/s1. The monoisotopic (exact) mass is 370 g/mol. The fourth-order valence-electron chi connectivity index (χ4n) is 2.90. The first-order valence-corrected chi connectivity index (χ1v) is 8.51. The number of alkyl halides is 2. The number of carbonyl (C=O) groups excluding carboxylic acids is 1. The summed E-state index contributed by atoms with van der Waals surface area (Å²) < 4.78 is 26.4. The molecule has 0 radical (unpaired) electrons. The quantitative estimate of drug-likeness (QED) is 0.665. The van der Waals surface area contributed by atoms with Crippen LogP contribution < -0.4 is 0 Å². The van der Waals surface area contributed by atoms with Gasteiger partial charge in [0.15, 0.2) is 0 Å². The molecule has 1 amide bonds. The molecule has 140 valence electrons. The molecule has 0 spiro atoms. The summed E-state index contributed by atoms with van der Waals surface area (Å²) in [7, 11) is 1.73. The van der Waals surface area contributed by atoms with E-state index in [2.05, 4.69) is 10.1 Å². The molecule has 1 atom stereocenters. The molecule has 0 saturated heterocycles. The maximum absolute atomic E-state index is 12.9. The van der Waals surface area contributed by atoms with Gasteiger partial charge in [0.2, 0.25) is 0 Å². The van der Waals surface area contributed by atoms with Crippen LogP contribution in [-0.2, 0) is 0 Å². The van der Waals surface area contributed by atoms with E-state index in [-0.39, 0.29) is 11.9 Å². The second-order valence-electron chi connectivity index (χ2n) is 6.29. The highest BCUT2D eigenvalue weighted by Gasteiger charge is 2.20. The van der Waals surface area contributed by atoms with Crippen molar-refractivity contribution >= 4 is 5.91 Å². The number of rotatable bonds is 5. The van der Waals surface area contributed by atoms with E-state index < -0.39 is 6.55 Å². The van der Waals surface area contributed by atoms with Crippen LogP contribution in [-0.4, -0.2) is 32.6 Å². The molecule has 27 heavy (non-hydrogen) atoms. The van der Waals surface area contributed by atoms with Crippen molar-refractivity contribution in [2.24, 2.45) is 0 Å². The van der Waals surface area contributed by atoms with Crippen LogP contribution in [0.4, 0.5) is 8.78 Å². The second-order valence-corrected chi connectivity index (χ2v) is 6.29.